The minimum absolute atomic E-state index is 0.122. The van der Waals surface area contributed by atoms with E-state index in [0.29, 0.717) is 34.0 Å². The van der Waals surface area contributed by atoms with Gasteiger partial charge in [-0.25, -0.2) is 4.98 Å². The maximum Gasteiger partial charge on any atom is 0.234 e. The minimum Gasteiger partial charge on any atom is -0.495 e. The summed E-state index contributed by atoms with van der Waals surface area (Å²) in [6.07, 6.45) is 1.79. The number of aromatic nitrogens is 4. The lowest BCUT2D eigenvalue weighted by atomic mass is 10.0. The number of ether oxygens (including phenoxy) is 1. The summed E-state index contributed by atoms with van der Waals surface area (Å²) in [4.78, 5) is 17.6. The van der Waals surface area contributed by atoms with E-state index < -0.39 is 0 Å². The summed E-state index contributed by atoms with van der Waals surface area (Å²) >= 11 is 7.38. The minimum atomic E-state index is -0.217. The van der Waals surface area contributed by atoms with Gasteiger partial charge in [0, 0.05) is 28.1 Å². The second kappa shape index (κ2) is 11.5. The van der Waals surface area contributed by atoms with E-state index in [1.165, 1.54) is 11.8 Å². The molecule has 0 fully saturated rings. The van der Waals surface area contributed by atoms with Gasteiger partial charge in [-0.3, -0.25) is 9.36 Å². The molecule has 38 heavy (non-hydrogen) atoms. The zero-order valence-electron chi connectivity index (χ0n) is 20.6. The van der Waals surface area contributed by atoms with Crippen molar-refractivity contribution in [2.75, 3.05) is 18.2 Å². The maximum atomic E-state index is 12.8. The number of carbonyl (C=O) groups is 1. The van der Waals surface area contributed by atoms with Crippen LogP contribution in [0.4, 0.5) is 5.69 Å². The normalized spacial score (nSPS) is 10.9. The van der Waals surface area contributed by atoms with Crippen molar-refractivity contribution in [1.29, 1.82) is 0 Å². The molecule has 7 nitrogen and oxygen atoms in total. The van der Waals surface area contributed by atoms with Crippen molar-refractivity contribution in [3.8, 4) is 28.4 Å². The number of para-hydroxylation sites is 1. The van der Waals surface area contributed by atoms with Gasteiger partial charge in [-0.05, 0) is 30.3 Å². The largest absolute Gasteiger partial charge is 0.495 e. The highest BCUT2D eigenvalue weighted by molar-refractivity contribution is 7.99. The summed E-state index contributed by atoms with van der Waals surface area (Å²) in [5.41, 5.74) is 4.13. The maximum absolute atomic E-state index is 12.8. The van der Waals surface area contributed by atoms with Gasteiger partial charge in [-0.15, -0.1) is 16.8 Å². The van der Waals surface area contributed by atoms with E-state index in [2.05, 4.69) is 22.1 Å². The average Bonchev–Trinajstić information content (AvgIpc) is 3.34. The molecule has 9 heteroatoms. The molecule has 0 spiro atoms. The fraction of sp³-hybridized carbons (Fsp3) is 0.103. The number of allylic oxidation sites excluding steroid dienone is 1. The molecule has 0 aliphatic heterocycles. The van der Waals surface area contributed by atoms with Gasteiger partial charge in [-0.1, -0.05) is 78.0 Å². The van der Waals surface area contributed by atoms with Crippen molar-refractivity contribution in [3.63, 3.8) is 0 Å². The second-order valence-electron chi connectivity index (χ2n) is 8.33. The Kier molecular flexibility index (Phi) is 7.72. The number of pyridine rings is 1. The van der Waals surface area contributed by atoms with Gasteiger partial charge < -0.3 is 10.1 Å². The van der Waals surface area contributed by atoms with Crippen LogP contribution in [0.2, 0.25) is 5.02 Å². The van der Waals surface area contributed by atoms with E-state index >= 15 is 0 Å². The number of anilines is 1. The predicted octanol–water partition coefficient (Wildman–Crippen LogP) is 6.74. The molecule has 0 unspecified atom stereocenters. The lowest BCUT2D eigenvalue weighted by molar-refractivity contribution is -0.113. The standard InChI is InChI=1S/C29H24ClN5O2S/c1-3-15-35-28(22-17-24(19-9-5-4-6-10-19)31-23-12-8-7-11-21(22)23)33-34-29(35)38-18-27(36)32-25-16-20(30)13-14-26(25)37-2/h3-14,16-17H,1,15,18H2,2H3,(H,32,36). The number of nitrogens with zero attached hydrogens (tertiary/aromatic N) is 4. The third kappa shape index (κ3) is 5.41. The van der Waals surface area contributed by atoms with Crippen LogP contribution in [0.1, 0.15) is 0 Å². The number of nitrogens with one attached hydrogen (secondary N) is 1. The number of benzene rings is 3. The molecular weight excluding hydrogens is 518 g/mol. The summed E-state index contributed by atoms with van der Waals surface area (Å²) in [6, 6.07) is 25.1. The van der Waals surface area contributed by atoms with Gasteiger partial charge in [0.1, 0.15) is 5.75 Å². The van der Waals surface area contributed by atoms with E-state index in [0.717, 1.165) is 27.7 Å². The predicted molar refractivity (Wildman–Crippen MR) is 154 cm³/mol. The SMILES string of the molecule is C=CCn1c(SCC(=O)Nc2cc(Cl)ccc2OC)nnc1-c1cc(-c2ccccc2)nc2ccccc12. The van der Waals surface area contributed by atoms with E-state index in [1.54, 1.807) is 31.4 Å². The smallest absolute Gasteiger partial charge is 0.234 e. The van der Waals surface area contributed by atoms with Crippen molar-refractivity contribution in [2.24, 2.45) is 0 Å². The Labute approximate surface area is 229 Å². The van der Waals surface area contributed by atoms with Crippen LogP contribution in [0, 0.1) is 0 Å². The van der Waals surface area contributed by atoms with Crippen LogP contribution in [0.15, 0.2) is 96.7 Å². The molecule has 3 aromatic carbocycles. The molecule has 1 amide bonds. The molecular formula is C29H24ClN5O2S. The Balaban J connectivity index is 1.46. The quantitative estimate of drug-likeness (QED) is 0.164. The summed E-state index contributed by atoms with van der Waals surface area (Å²) in [5, 5.41) is 13.9. The van der Waals surface area contributed by atoms with E-state index in [4.69, 9.17) is 21.3 Å². The number of thioether (sulfide) groups is 1. The van der Waals surface area contributed by atoms with Crippen LogP contribution in [-0.2, 0) is 11.3 Å². The Morgan fingerprint density at radius 2 is 1.87 bits per heavy atom. The van der Waals surface area contributed by atoms with Crippen LogP contribution in [0.5, 0.6) is 5.75 Å². The first kappa shape index (κ1) is 25.5. The third-order valence-electron chi connectivity index (χ3n) is 5.82. The molecule has 0 saturated carbocycles. The zero-order chi connectivity index (χ0) is 26.5. The number of rotatable bonds is 9. The molecule has 0 radical (unpaired) electrons. The second-order valence-corrected chi connectivity index (χ2v) is 9.70. The molecule has 0 aliphatic rings. The first-order valence-corrected chi connectivity index (χ1v) is 13.2. The summed E-state index contributed by atoms with van der Waals surface area (Å²) in [5.74, 6) is 1.12. The average molecular weight is 542 g/mol. The molecule has 190 valence electrons. The van der Waals surface area contributed by atoms with E-state index in [-0.39, 0.29) is 11.7 Å². The third-order valence-corrected chi connectivity index (χ3v) is 7.02. The Hall–Kier alpha value is -4.14. The Morgan fingerprint density at radius 1 is 1.08 bits per heavy atom. The Morgan fingerprint density at radius 3 is 2.66 bits per heavy atom. The van der Waals surface area contributed by atoms with Crippen LogP contribution >= 0.6 is 23.4 Å². The molecule has 0 saturated heterocycles. The highest BCUT2D eigenvalue weighted by Crippen LogP contribution is 2.33. The van der Waals surface area contributed by atoms with Crippen LogP contribution in [-0.4, -0.2) is 38.5 Å². The van der Waals surface area contributed by atoms with Crippen molar-refractivity contribution >= 4 is 45.9 Å². The van der Waals surface area contributed by atoms with Crippen molar-refractivity contribution in [2.45, 2.75) is 11.7 Å². The van der Waals surface area contributed by atoms with Crippen molar-refractivity contribution in [1.82, 2.24) is 19.7 Å². The molecule has 5 rings (SSSR count). The van der Waals surface area contributed by atoms with Gasteiger partial charge >= 0.3 is 0 Å². The fourth-order valence-electron chi connectivity index (χ4n) is 4.10. The van der Waals surface area contributed by atoms with Crippen LogP contribution < -0.4 is 10.1 Å². The van der Waals surface area contributed by atoms with Gasteiger partial charge in [-0.2, -0.15) is 0 Å². The van der Waals surface area contributed by atoms with E-state index in [1.807, 2.05) is 65.2 Å². The van der Waals surface area contributed by atoms with Crippen molar-refractivity contribution < 1.29 is 9.53 Å². The number of fused-ring (bicyclic) bond motifs is 1. The zero-order valence-corrected chi connectivity index (χ0v) is 22.2. The molecule has 5 aromatic rings. The lowest BCUT2D eigenvalue weighted by Crippen LogP contribution is -2.15. The molecule has 0 atom stereocenters. The number of methoxy groups -OCH3 is 1. The van der Waals surface area contributed by atoms with Gasteiger partial charge in [0.2, 0.25) is 5.91 Å². The summed E-state index contributed by atoms with van der Waals surface area (Å²) in [6.45, 7) is 4.39. The molecule has 0 aliphatic carbocycles. The number of carbonyl (C=O) groups excluding carboxylic acids is 1. The van der Waals surface area contributed by atoms with E-state index in [9.17, 15) is 4.79 Å². The van der Waals surface area contributed by atoms with Crippen LogP contribution in [0.25, 0.3) is 33.5 Å². The Bertz CT molecular complexity index is 1620. The molecule has 0 bridgehead atoms. The van der Waals surface area contributed by atoms with Crippen LogP contribution in [0.3, 0.4) is 0 Å². The van der Waals surface area contributed by atoms with Gasteiger partial charge in [0.15, 0.2) is 11.0 Å². The first-order valence-electron chi connectivity index (χ1n) is 11.8. The highest BCUT2D eigenvalue weighted by atomic mass is 35.5. The topological polar surface area (TPSA) is 81.9 Å². The number of hydrogen-bond donors (Lipinski definition) is 1. The highest BCUT2D eigenvalue weighted by Gasteiger charge is 2.19. The molecule has 1 N–H and O–H groups in total. The monoisotopic (exact) mass is 541 g/mol. The number of amides is 1. The number of halogens is 1. The lowest BCUT2D eigenvalue weighted by Gasteiger charge is -2.12. The van der Waals surface area contributed by atoms with Gasteiger partial charge in [0.05, 0.1) is 29.8 Å². The number of hydrogen-bond acceptors (Lipinski definition) is 6. The molecule has 2 aromatic heterocycles. The van der Waals surface area contributed by atoms with Crippen molar-refractivity contribution in [3.05, 3.63) is 96.5 Å². The molecule has 2 heterocycles. The fourth-order valence-corrected chi connectivity index (χ4v) is 5.02. The first-order chi connectivity index (χ1) is 18.6. The summed E-state index contributed by atoms with van der Waals surface area (Å²) in [7, 11) is 1.54. The van der Waals surface area contributed by atoms with Gasteiger partial charge in [0.25, 0.3) is 0 Å². The summed E-state index contributed by atoms with van der Waals surface area (Å²) < 4.78 is 7.28.